The van der Waals surface area contributed by atoms with Gasteiger partial charge in [-0.3, -0.25) is 0 Å². The molecule has 19 heavy (non-hydrogen) atoms. The minimum atomic E-state index is 0.0905. The molecule has 0 spiro atoms. The number of nitrogens with two attached hydrogens (primary N) is 1. The van der Waals surface area contributed by atoms with Crippen molar-refractivity contribution in [2.24, 2.45) is 5.73 Å². The maximum absolute atomic E-state index is 6.17. The molecule has 3 nitrogen and oxygen atoms in total. The first kappa shape index (κ1) is 16.3. The molecule has 4 heteroatoms. The van der Waals surface area contributed by atoms with Gasteiger partial charge >= 0.3 is 0 Å². The van der Waals surface area contributed by atoms with Crippen LogP contribution in [0, 0.1) is 0 Å². The molecule has 0 bridgehead atoms. The third-order valence-corrected chi connectivity index (χ3v) is 3.89. The number of rotatable bonds is 10. The molecule has 1 rings (SSSR count). The third-order valence-electron chi connectivity index (χ3n) is 2.72. The Morgan fingerprint density at radius 1 is 1.21 bits per heavy atom. The Morgan fingerprint density at radius 3 is 2.58 bits per heavy atom. The second kappa shape index (κ2) is 10.1. The zero-order chi connectivity index (χ0) is 13.9. The highest BCUT2D eigenvalue weighted by atomic mass is 32.2. The third kappa shape index (κ3) is 6.85. The minimum absolute atomic E-state index is 0.0905. The standard InChI is InChI=1S/C15H25NO2S/c1-3-9-18-14-7-5-13(6-8-14)15(16)12-19-11-4-10-17-2/h5-8,15H,3-4,9-12,16H2,1-2H3. The van der Waals surface area contributed by atoms with Crippen molar-refractivity contribution in [3.05, 3.63) is 29.8 Å². The lowest BCUT2D eigenvalue weighted by Crippen LogP contribution is -2.13. The first-order valence-corrected chi connectivity index (χ1v) is 7.98. The Balaban J connectivity index is 2.29. The van der Waals surface area contributed by atoms with Crippen LogP contribution in [-0.2, 0) is 4.74 Å². The van der Waals surface area contributed by atoms with Crippen molar-refractivity contribution in [3.63, 3.8) is 0 Å². The van der Waals surface area contributed by atoms with E-state index in [2.05, 4.69) is 19.1 Å². The van der Waals surface area contributed by atoms with Gasteiger partial charge in [0.1, 0.15) is 5.75 Å². The zero-order valence-corrected chi connectivity index (χ0v) is 12.7. The van der Waals surface area contributed by atoms with Gasteiger partial charge in [0.2, 0.25) is 0 Å². The Labute approximate surface area is 120 Å². The van der Waals surface area contributed by atoms with Crippen molar-refractivity contribution in [1.29, 1.82) is 0 Å². The molecule has 0 aliphatic carbocycles. The van der Waals surface area contributed by atoms with Crippen LogP contribution in [0.2, 0.25) is 0 Å². The Hall–Kier alpha value is -0.710. The molecule has 108 valence electrons. The predicted molar refractivity (Wildman–Crippen MR) is 83.0 cm³/mol. The van der Waals surface area contributed by atoms with Crippen molar-refractivity contribution in [2.45, 2.75) is 25.8 Å². The van der Waals surface area contributed by atoms with E-state index < -0.39 is 0 Å². The van der Waals surface area contributed by atoms with E-state index in [1.807, 2.05) is 23.9 Å². The van der Waals surface area contributed by atoms with Crippen molar-refractivity contribution >= 4 is 11.8 Å². The van der Waals surface area contributed by atoms with E-state index in [1.54, 1.807) is 7.11 Å². The lowest BCUT2D eigenvalue weighted by Gasteiger charge is -2.12. The van der Waals surface area contributed by atoms with E-state index in [1.165, 1.54) is 5.56 Å². The van der Waals surface area contributed by atoms with Crippen LogP contribution in [0.1, 0.15) is 31.4 Å². The summed E-state index contributed by atoms with van der Waals surface area (Å²) >= 11 is 1.88. The summed E-state index contributed by atoms with van der Waals surface area (Å²) < 4.78 is 10.6. The number of hydrogen-bond donors (Lipinski definition) is 1. The molecule has 0 heterocycles. The quantitative estimate of drug-likeness (QED) is 0.670. The lowest BCUT2D eigenvalue weighted by molar-refractivity contribution is 0.200. The maximum atomic E-state index is 6.17. The number of thioether (sulfide) groups is 1. The highest BCUT2D eigenvalue weighted by Gasteiger charge is 2.06. The molecule has 0 aliphatic heterocycles. The molecule has 1 aromatic rings. The van der Waals surface area contributed by atoms with Crippen LogP contribution in [0.5, 0.6) is 5.75 Å². The number of ether oxygens (including phenoxy) is 2. The molecule has 0 aliphatic rings. The summed E-state index contributed by atoms with van der Waals surface area (Å²) in [5.74, 6) is 2.96. The Morgan fingerprint density at radius 2 is 1.95 bits per heavy atom. The number of benzene rings is 1. The fourth-order valence-electron chi connectivity index (χ4n) is 1.64. The van der Waals surface area contributed by atoms with Crippen LogP contribution in [0.25, 0.3) is 0 Å². The highest BCUT2D eigenvalue weighted by molar-refractivity contribution is 7.99. The molecule has 1 unspecified atom stereocenters. The van der Waals surface area contributed by atoms with Crippen LogP contribution in [-0.4, -0.2) is 31.8 Å². The molecule has 1 aromatic carbocycles. The van der Waals surface area contributed by atoms with Crippen LogP contribution in [0.4, 0.5) is 0 Å². The van der Waals surface area contributed by atoms with Crippen molar-refractivity contribution in [2.75, 3.05) is 31.8 Å². The smallest absolute Gasteiger partial charge is 0.119 e. The summed E-state index contributed by atoms with van der Waals surface area (Å²) in [7, 11) is 1.73. The van der Waals surface area contributed by atoms with E-state index in [-0.39, 0.29) is 6.04 Å². The van der Waals surface area contributed by atoms with E-state index in [4.69, 9.17) is 15.2 Å². The SMILES string of the molecule is CCCOc1ccc(C(N)CSCCCOC)cc1. The van der Waals surface area contributed by atoms with Crippen molar-refractivity contribution in [1.82, 2.24) is 0 Å². The highest BCUT2D eigenvalue weighted by Crippen LogP contribution is 2.20. The number of methoxy groups -OCH3 is 1. The average Bonchev–Trinajstić information content (AvgIpc) is 2.45. The molecule has 0 fully saturated rings. The fraction of sp³-hybridized carbons (Fsp3) is 0.600. The largest absolute Gasteiger partial charge is 0.494 e. The predicted octanol–water partition coefficient (Wildman–Crippen LogP) is 3.24. The maximum Gasteiger partial charge on any atom is 0.119 e. The molecule has 0 saturated carbocycles. The summed E-state index contributed by atoms with van der Waals surface area (Å²) in [6.07, 6.45) is 2.11. The minimum Gasteiger partial charge on any atom is -0.494 e. The summed E-state index contributed by atoms with van der Waals surface area (Å²) in [6, 6.07) is 8.21. The van der Waals surface area contributed by atoms with Gasteiger partial charge in [-0.25, -0.2) is 0 Å². The average molecular weight is 283 g/mol. The van der Waals surface area contributed by atoms with Gasteiger partial charge < -0.3 is 15.2 Å². The Bertz CT molecular complexity index is 329. The van der Waals surface area contributed by atoms with Crippen LogP contribution in [0.15, 0.2) is 24.3 Å². The monoisotopic (exact) mass is 283 g/mol. The number of hydrogen-bond acceptors (Lipinski definition) is 4. The van der Waals surface area contributed by atoms with Gasteiger partial charge in [-0.15, -0.1) is 0 Å². The van der Waals surface area contributed by atoms with Crippen LogP contribution in [0.3, 0.4) is 0 Å². The first-order valence-electron chi connectivity index (χ1n) is 6.83. The zero-order valence-electron chi connectivity index (χ0n) is 11.9. The molecule has 0 amide bonds. The van der Waals surface area contributed by atoms with Gasteiger partial charge in [0.15, 0.2) is 0 Å². The second-order valence-electron chi connectivity index (χ2n) is 4.45. The summed E-state index contributed by atoms with van der Waals surface area (Å²) in [5, 5.41) is 0. The van der Waals surface area contributed by atoms with E-state index in [0.717, 1.165) is 43.3 Å². The van der Waals surface area contributed by atoms with Crippen molar-refractivity contribution in [3.8, 4) is 5.75 Å². The van der Waals surface area contributed by atoms with Gasteiger partial charge in [-0.1, -0.05) is 19.1 Å². The second-order valence-corrected chi connectivity index (χ2v) is 5.60. The Kier molecular flexibility index (Phi) is 8.71. The van der Waals surface area contributed by atoms with Gasteiger partial charge in [-0.2, -0.15) is 11.8 Å². The molecule has 0 saturated heterocycles. The van der Waals surface area contributed by atoms with Crippen LogP contribution >= 0.6 is 11.8 Å². The van der Waals surface area contributed by atoms with Gasteiger partial charge in [0, 0.05) is 25.5 Å². The van der Waals surface area contributed by atoms with Gasteiger partial charge in [0.05, 0.1) is 6.61 Å². The summed E-state index contributed by atoms with van der Waals surface area (Å²) in [4.78, 5) is 0. The normalized spacial score (nSPS) is 12.4. The van der Waals surface area contributed by atoms with E-state index in [0.29, 0.717) is 0 Å². The summed E-state index contributed by atoms with van der Waals surface area (Å²) in [6.45, 7) is 3.69. The fourth-order valence-corrected chi connectivity index (χ4v) is 2.58. The van der Waals surface area contributed by atoms with Crippen molar-refractivity contribution < 1.29 is 9.47 Å². The van der Waals surface area contributed by atoms with Crippen LogP contribution < -0.4 is 10.5 Å². The lowest BCUT2D eigenvalue weighted by atomic mass is 10.1. The summed E-state index contributed by atoms with van der Waals surface area (Å²) in [5.41, 5.74) is 7.34. The molecule has 0 radical (unpaired) electrons. The van der Waals surface area contributed by atoms with E-state index in [9.17, 15) is 0 Å². The van der Waals surface area contributed by atoms with E-state index >= 15 is 0 Å². The molecule has 2 N–H and O–H groups in total. The topological polar surface area (TPSA) is 44.5 Å². The van der Waals surface area contributed by atoms with Gasteiger partial charge in [-0.05, 0) is 36.3 Å². The molecular weight excluding hydrogens is 258 g/mol. The molecule has 0 aromatic heterocycles. The molecular formula is C15H25NO2S. The molecule has 1 atom stereocenters. The van der Waals surface area contributed by atoms with Gasteiger partial charge in [0.25, 0.3) is 0 Å². The first-order chi connectivity index (χ1) is 9.27.